The Balaban J connectivity index is 1.40. The summed E-state index contributed by atoms with van der Waals surface area (Å²) in [7, 11) is 0. The van der Waals surface area contributed by atoms with Crippen LogP contribution < -0.4 is 10.1 Å². The van der Waals surface area contributed by atoms with Gasteiger partial charge in [0.15, 0.2) is 4.34 Å². The van der Waals surface area contributed by atoms with Crippen molar-refractivity contribution in [3.05, 3.63) is 54.1 Å². The van der Waals surface area contributed by atoms with Gasteiger partial charge in [0, 0.05) is 6.54 Å². The lowest BCUT2D eigenvalue weighted by Crippen LogP contribution is -2.27. The van der Waals surface area contributed by atoms with Gasteiger partial charge in [0.1, 0.15) is 5.75 Å². The molecule has 0 fully saturated rings. The van der Waals surface area contributed by atoms with Crippen LogP contribution in [0.25, 0.3) is 10.2 Å². The fourth-order valence-corrected chi connectivity index (χ4v) is 4.19. The Kier molecular flexibility index (Phi) is 6.22. The highest BCUT2D eigenvalue weighted by atomic mass is 32.2. The number of nitrogens with zero attached hydrogens (tertiary/aromatic N) is 1. The second-order valence-corrected chi connectivity index (χ2v) is 7.78. The highest BCUT2D eigenvalue weighted by Crippen LogP contribution is 2.29. The number of fused-ring (bicyclic) bond motifs is 1. The molecule has 142 valence electrons. The Morgan fingerprint density at radius 1 is 1.15 bits per heavy atom. The zero-order chi connectivity index (χ0) is 19.3. The van der Waals surface area contributed by atoms with Crippen LogP contribution >= 0.6 is 23.1 Å². The molecular weight excluding hydrogens is 397 g/mol. The Morgan fingerprint density at radius 3 is 2.59 bits per heavy atom. The van der Waals surface area contributed by atoms with E-state index < -0.39 is 6.36 Å². The Labute approximate surface area is 161 Å². The molecule has 1 aromatic heterocycles. The van der Waals surface area contributed by atoms with Gasteiger partial charge in [0.25, 0.3) is 0 Å². The number of thioether (sulfide) groups is 1. The van der Waals surface area contributed by atoms with Crippen LogP contribution in [-0.2, 0) is 11.2 Å². The van der Waals surface area contributed by atoms with Crippen molar-refractivity contribution in [1.29, 1.82) is 0 Å². The number of para-hydroxylation sites is 1. The lowest BCUT2D eigenvalue weighted by molar-refractivity contribution is -0.274. The number of hydrogen-bond donors (Lipinski definition) is 1. The zero-order valence-electron chi connectivity index (χ0n) is 14.0. The van der Waals surface area contributed by atoms with Crippen molar-refractivity contribution in [1.82, 2.24) is 10.3 Å². The number of alkyl halides is 3. The summed E-state index contributed by atoms with van der Waals surface area (Å²) in [6, 6.07) is 13.4. The second-order valence-electron chi connectivity index (χ2n) is 5.53. The Bertz CT molecular complexity index is 878. The molecule has 0 unspecified atom stereocenters. The number of carbonyl (C=O) groups excluding carboxylic acids is 1. The lowest BCUT2D eigenvalue weighted by Gasteiger charge is -2.09. The third-order valence-electron chi connectivity index (χ3n) is 3.49. The Hall–Kier alpha value is -2.26. The van der Waals surface area contributed by atoms with E-state index in [0.717, 1.165) is 20.1 Å². The summed E-state index contributed by atoms with van der Waals surface area (Å²) < 4.78 is 42.1. The number of halogens is 3. The number of nitrogens with one attached hydrogen (secondary N) is 1. The number of ether oxygens (including phenoxy) is 1. The first-order valence-electron chi connectivity index (χ1n) is 7.99. The first kappa shape index (κ1) is 19.5. The largest absolute Gasteiger partial charge is 0.573 e. The smallest absolute Gasteiger partial charge is 0.406 e. The van der Waals surface area contributed by atoms with Crippen LogP contribution in [0.1, 0.15) is 5.56 Å². The average Bonchev–Trinajstić information content (AvgIpc) is 3.03. The van der Waals surface area contributed by atoms with Gasteiger partial charge >= 0.3 is 6.36 Å². The summed E-state index contributed by atoms with van der Waals surface area (Å²) in [4.78, 5) is 16.4. The number of thiazole rings is 1. The minimum atomic E-state index is -4.70. The molecule has 0 saturated heterocycles. The van der Waals surface area contributed by atoms with E-state index in [-0.39, 0.29) is 17.4 Å². The number of aromatic nitrogens is 1. The number of carbonyl (C=O) groups is 1. The molecule has 0 spiro atoms. The first-order chi connectivity index (χ1) is 12.9. The van der Waals surface area contributed by atoms with Gasteiger partial charge in [-0.1, -0.05) is 36.0 Å². The fourth-order valence-electron chi connectivity index (χ4n) is 2.30. The van der Waals surface area contributed by atoms with Crippen LogP contribution in [0.2, 0.25) is 0 Å². The molecule has 1 N–H and O–H groups in total. The molecule has 0 aliphatic carbocycles. The predicted molar refractivity (Wildman–Crippen MR) is 100 cm³/mol. The van der Waals surface area contributed by atoms with Gasteiger partial charge in [0.05, 0.1) is 16.0 Å². The molecule has 0 saturated carbocycles. The summed E-state index contributed by atoms with van der Waals surface area (Å²) in [6.45, 7) is 0.402. The maximum absolute atomic E-state index is 12.1. The predicted octanol–water partition coefficient (Wildman–Crippen LogP) is 4.65. The molecule has 1 amide bonds. The molecule has 0 atom stereocenters. The van der Waals surface area contributed by atoms with Crippen molar-refractivity contribution in [2.45, 2.75) is 17.1 Å². The van der Waals surface area contributed by atoms with Gasteiger partial charge in [0.2, 0.25) is 5.91 Å². The van der Waals surface area contributed by atoms with Crippen molar-refractivity contribution in [2.24, 2.45) is 0 Å². The average molecular weight is 412 g/mol. The van der Waals surface area contributed by atoms with Crippen LogP contribution in [0.5, 0.6) is 5.75 Å². The number of amides is 1. The summed E-state index contributed by atoms with van der Waals surface area (Å²) in [5.74, 6) is -0.114. The lowest BCUT2D eigenvalue weighted by atomic mass is 10.1. The van der Waals surface area contributed by atoms with E-state index in [1.165, 1.54) is 23.9 Å². The third kappa shape index (κ3) is 6.14. The molecule has 3 rings (SSSR count). The summed E-state index contributed by atoms with van der Waals surface area (Å²) >= 11 is 2.93. The van der Waals surface area contributed by atoms with Crippen molar-refractivity contribution >= 4 is 39.2 Å². The molecule has 1 heterocycles. The van der Waals surface area contributed by atoms with E-state index in [9.17, 15) is 18.0 Å². The summed E-state index contributed by atoms with van der Waals surface area (Å²) in [5, 5.41) is 2.79. The molecule has 9 heteroatoms. The highest BCUT2D eigenvalue weighted by molar-refractivity contribution is 8.01. The fraction of sp³-hybridized carbons (Fsp3) is 0.222. The van der Waals surface area contributed by atoms with Crippen LogP contribution in [-0.4, -0.2) is 29.6 Å². The second kappa shape index (κ2) is 8.62. The topological polar surface area (TPSA) is 51.2 Å². The summed E-state index contributed by atoms with van der Waals surface area (Å²) in [6.07, 6.45) is -4.18. The van der Waals surface area contributed by atoms with Gasteiger partial charge in [-0.15, -0.1) is 24.5 Å². The molecule has 2 aromatic carbocycles. The highest BCUT2D eigenvalue weighted by Gasteiger charge is 2.30. The van der Waals surface area contributed by atoms with Gasteiger partial charge in [-0.05, 0) is 36.2 Å². The Morgan fingerprint density at radius 2 is 1.89 bits per heavy atom. The number of benzene rings is 2. The standard InChI is InChI=1S/C18H15F3N2O2S2/c19-18(20,21)25-13-7-5-12(6-8-13)9-10-22-16(24)11-26-17-23-14-3-1-2-4-15(14)27-17/h1-8H,9-11H2,(H,22,24). The van der Waals surface area contributed by atoms with Crippen molar-refractivity contribution in [3.8, 4) is 5.75 Å². The number of hydrogen-bond acceptors (Lipinski definition) is 5. The maximum atomic E-state index is 12.1. The molecule has 0 aliphatic heterocycles. The third-order valence-corrected chi connectivity index (χ3v) is 5.67. The maximum Gasteiger partial charge on any atom is 0.573 e. The zero-order valence-corrected chi connectivity index (χ0v) is 15.6. The van der Waals surface area contributed by atoms with Crippen LogP contribution in [0.3, 0.4) is 0 Å². The van der Waals surface area contributed by atoms with Crippen LogP contribution in [0, 0.1) is 0 Å². The monoisotopic (exact) mass is 412 g/mol. The molecule has 3 aromatic rings. The SMILES string of the molecule is O=C(CSc1nc2ccccc2s1)NCCc1ccc(OC(F)(F)F)cc1. The van der Waals surface area contributed by atoms with Gasteiger partial charge in [-0.3, -0.25) is 4.79 Å². The van der Waals surface area contributed by atoms with E-state index in [2.05, 4.69) is 15.0 Å². The van der Waals surface area contributed by atoms with Crippen molar-refractivity contribution in [2.75, 3.05) is 12.3 Å². The van der Waals surface area contributed by atoms with E-state index in [0.29, 0.717) is 13.0 Å². The van der Waals surface area contributed by atoms with Gasteiger partial charge in [-0.25, -0.2) is 4.98 Å². The van der Waals surface area contributed by atoms with E-state index in [1.807, 2.05) is 24.3 Å². The first-order valence-corrected chi connectivity index (χ1v) is 9.79. The normalized spacial score (nSPS) is 11.5. The van der Waals surface area contributed by atoms with Gasteiger partial charge in [-0.2, -0.15) is 0 Å². The number of rotatable bonds is 7. The minimum absolute atomic E-state index is 0.115. The molecule has 27 heavy (non-hydrogen) atoms. The van der Waals surface area contributed by atoms with Gasteiger partial charge < -0.3 is 10.1 Å². The quantitative estimate of drug-likeness (QED) is 0.574. The minimum Gasteiger partial charge on any atom is -0.406 e. The molecule has 0 bridgehead atoms. The molecule has 0 radical (unpaired) electrons. The van der Waals surface area contributed by atoms with E-state index in [1.54, 1.807) is 23.5 Å². The summed E-state index contributed by atoms with van der Waals surface area (Å²) in [5.41, 5.74) is 1.73. The van der Waals surface area contributed by atoms with E-state index >= 15 is 0 Å². The van der Waals surface area contributed by atoms with Crippen LogP contribution in [0.4, 0.5) is 13.2 Å². The van der Waals surface area contributed by atoms with Crippen molar-refractivity contribution in [3.63, 3.8) is 0 Å². The molecular formula is C18H15F3N2O2S2. The molecule has 0 aliphatic rings. The van der Waals surface area contributed by atoms with Crippen LogP contribution in [0.15, 0.2) is 52.9 Å². The van der Waals surface area contributed by atoms with Crippen molar-refractivity contribution < 1.29 is 22.7 Å². The molecule has 4 nitrogen and oxygen atoms in total. The van der Waals surface area contributed by atoms with E-state index in [4.69, 9.17) is 0 Å².